The lowest BCUT2D eigenvalue weighted by atomic mass is 10.2. The first-order chi connectivity index (χ1) is 9.02. The quantitative estimate of drug-likeness (QED) is 0.479. The van der Waals surface area contributed by atoms with E-state index in [0.29, 0.717) is 17.8 Å². The van der Waals surface area contributed by atoms with Crippen LogP contribution >= 0.6 is 0 Å². The highest BCUT2D eigenvalue weighted by atomic mass is 16.6. The Balaban J connectivity index is 2.33. The number of nitrogens with zero attached hydrogens (tertiary/aromatic N) is 3. The Labute approximate surface area is 109 Å². The molecule has 19 heavy (non-hydrogen) atoms. The third-order valence-corrected chi connectivity index (χ3v) is 3.01. The maximum absolute atomic E-state index is 10.9. The molecule has 1 aromatic carbocycles. The van der Waals surface area contributed by atoms with Gasteiger partial charge < -0.3 is 0 Å². The second kappa shape index (κ2) is 5.01. The number of carbonyl (C=O) groups excluding carboxylic acids is 1. The van der Waals surface area contributed by atoms with Crippen molar-refractivity contribution in [2.75, 3.05) is 0 Å². The Morgan fingerprint density at radius 1 is 1.42 bits per heavy atom. The molecule has 0 aliphatic carbocycles. The third kappa shape index (κ3) is 2.52. The summed E-state index contributed by atoms with van der Waals surface area (Å²) in [5.74, 6) is 0. The van der Waals surface area contributed by atoms with E-state index in [0.717, 1.165) is 17.5 Å². The number of carbonyl (C=O) groups is 1. The van der Waals surface area contributed by atoms with Crippen LogP contribution in [0.4, 0.5) is 5.69 Å². The predicted octanol–water partition coefficient (Wildman–Crippen LogP) is 2.27. The maximum atomic E-state index is 10.9. The van der Waals surface area contributed by atoms with E-state index in [4.69, 9.17) is 0 Å². The van der Waals surface area contributed by atoms with E-state index in [9.17, 15) is 14.9 Å². The van der Waals surface area contributed by atoms with Crippen molar-refractivity contribution < 1.29 is 9.72 Å². The van der Waals surface area contributed by atoms with Crippen molar-refractivity contribution in [3.8, 4) is 0 Å². The summed E-state index contributed by atoms with van der Waals surface area (Å²) in [6.07, 6.45) is 0.779. The number of hydrogen-bond donors (Lipinski definition) is 0. The highest BCUT2D eigenvalue weighted by Gasteiger charge is 2.12. The fraction of sp³-hybridized carbons (Fsp3) is 0.231. The van der Waals surface area contributed by atoms with Gasteiger partial charge in [-0.25, -0.2) is 0 Å². The number of non-ortho nitro benzene ring substituents is 1. The summed E-state index contributed by atoms with van der Waals surface area (Å²) < 4.78 is 1.68. The van der Waals surface area contributed by atoms with Gasteiger partial charge in [-0.15, -0.1) is 0 Å². The molecule has 0 radical (unpaired) electrons. The minimum absolute atomic E-state index is 0.0506. The predicted molar refractivity (Wildman–Crippen MR) is 69.3 cm³/mol. The van der Waals surface area contributed by atoms with Crippen molar-refractivity contribution in [1.29, 1.82) is 0 Å². The minimum Gasteiger partial charge on any atom is -0.298 e. The first-order valence-corrected chi connectivity index (χ1v) is 5.75. The number of rotatable bonds is 4. The number of nitro groups is 1. The van der Waals surface area contributed by atoms with Crippen molar-refractivity contribution in [3.05, 3.63) is 56.9 Å². The highest BCUT2D eigenvalue weighted by Crippen LogP contribution is 2.16. The SMILES string of the molecule is Cc1nn(Cc2cccc([N+](=O)[O-])c2)c(C)c1C=O. The average Bonchev–Trinajstić information content (AvgIpc) is 2.64. The summed E-state index contributed by atoms with van der Waals surface area (Å²) in [7, 11) is 0. The van der Waals surface area contributed by atoms with Gasteiger partial charge in [0.05, 0.1) is 22.7 Å². The molecule has 0 atom stereocenters. The summed E-state index contributed by atoms with van der Waals surface area (Å²) in [4.78, 5) is 21.2. The van der Waals surface area contributed by atoms with Gasteiger partial charge in [0.25, 0.3) is 5.69 Å². The summed E-state index contributed by atoms with van der Waals surface area (Å²) >= 11 is 0. The lowest BCUT2D eigenvalue weighted by Gasteiger charge is -2.04. The van der Waals surface area contributed by atoms with E-state index in [1.54, 1.807) is 30.7 Å². The normalized spacial score (nSPS) is 10.4. The van der Waals surface area contributed by atoms with Crippen LogP contribution in [-0.2, 0) is 6.54 Å². The molecule has 6 heteroatoms. The topological polar surface area (TPSA) is 78.0 Å². The van der Waals surface area contributed by atoms with Crippen LogP contribution in [-0.4, -0.2) is 21.0 Å². The molecule has 0 saturated heterocycles. The van der Waals surface area contributed by atoms with Crippen LogP contribution in [0.3, 0.4) is 0 Å². The Morgan fingerprint density at radius 2 is 2.16 bits per heavy atom. The maximum Gasteiger partial charge on any atom is 0.269 e. The standard InChI is InChI=1S/C13H13N3O3/c1-9-13(8-17)10(2)15(14-9)7-11-4-3-5-12(6-11)16(18)19/h3-6,8H,7H2,1-2H3. The number of aromatic nitrogens is 2. The first kappa shape index (κ1) is 12.9. The largest absolute Gasteiger partial charge is 0.298 e. The third-order valence-electron chi connectivity index (χ3n) is 3.01. The molecule has 0 saturated carbocycles. The van der Waals surface area contributed by atoms with Crippen molar-refractivity contribution in [3.63, 3.8) is 0 Å². The van der Waals surface area contributed by atoms with Gasteiger partial charge in [-0.1, -0.05) is 12.1 Å². The van der Waals surface area contributed by atoms with Crippen LogP contribution in [0.25, 0.3) is 0 Å². The molecule has 2 rings (SSSR count). The fourth-order valence-electron chi connectivity index (χ4n) is 1.98. The van der Waals surface area contributed by atoms with Crippen molar-refractivity contribution >= 4 is 12.0 Å². The molecule has 0 fully saturated rings. The summed E-state index contributed by atoms with van der Waals surface area (Å²) in [6, 6.07) is 6.39. The van der Waals surface area contributed by atoms with Gasteiger partial charge in [0.2, 0.25) is 0 Å². The zero-order chi connectivity index (χ0) is 14.0. The highest BCUT2D eigenvalue weighted by molar-refractivity contribution is 5.78. The molecule has 0 unspecified atom stereocenters. The molecule has 0 bridgehead atoms. The number of aldehydes is 1. The Hall–Kier alpha value is -2.50. The zero-order valence-electron chi connectivity index (χ0n) is 10.7. The van der Waals surface area contributed by atoms with Crippen molar-refractivity contribution in [1.82, 2.24) is 9.78 Å². The molecule has 2 aromatic rings. The molecular formula is C13H13N3O3. The van der Waals surface area contributed by atoms with Gasteiger partial charge in [0.15, 0.2) is 6.29 Å². The minimum atomic E-state index is -0.429. The summed E-state index contributed by atoms with van der Waals surface area (Å²) in [5, 5.41) is 15.0. The van der Waals surface area contributed by atoms with Gasteiger partial charge in [-0.2, -0.15) is 5.10 Å². The van der Waals surface area contributed by atoms with Crippen molar-refractivity contribution in [2.45, 2.75) is 20.4 Å². The molecule has 0 aliphatic rings. The fourth-order valence-corrected chi connectivity index (χ4v) is 1.98. The van der Waals surface area contributed by atoms with Gasteiger partial charge in [0.1, 0.15) is 0 Å². The summed E-state index contributed by atoms with van der Waals surface area (Å²) in [6.45, 7) is 3.98. The molecular weight excluding hydrogens is 246 g/mol. The molecule has 1 aromatic heterocycles. The van der Waals surface area contributed by atoms with E-state index in [1.807, 2.05) is 0 Å². The van der Waals surface area contributed by atoms with E-state index < -0.39 is 4.92 Å². The lowest BCUT2D eigenvalue weighted by molar-refractivity contribution is -0.384. The van der Waals surface area contributed by atoms with Gasteiger partial charge in [-0.05, 0) is 19.4 Å². The molecule has 1 heterocycles. The van der Waals surface area contributed by atoms with Crippen LogP contribution in [0.15, 0.2) is 24.3 Å². The monoisotopic (exact) mass is 259 g/mol. The summed E-state index contributed by atoms with van der Waals surface area (Å²) in [5.41, 5.74) is 2.83. The Bertz CT molecular complexity index is 647. The van der Waals surface area contributed by atoms with Gasteiger partial charge in [-0.3, -0.25) is 19.6 Å². The van der Waals surface area contributed by atoms with Crippen LogP contribution < -0.4 is 0 Å². The smallest absolute Gasteiger partial charge is 0.269 e. The lowest BCUT2D eigenvalue weighted by Crippen LogP contribution is -2.04. The Kier molecular flexibility index (Phi) is 3.41. The number of hydrogen-bond acceptors (Lipinski definition) is 4. The van der Waals surface area contributed by atoms with Crippen LogP contribution in [0.1, 0.15) is 27.3 Å². The second-order valence-electron chi connectivity index (χ2n) is 4.29. The second-order valence-corrected chi connectivity index (χ2v) is 4.29. The number of aryl methyl sites for hydroxylation is 1. The molecule has 98 valence electrons. The van der Waals surface area contributed by atoms with E-state index in [2.05, 4.69) is 5.10 Å². The van der Waals surface area contributed by atoms with Crippen LogP contribution in [0, 0.1) is 24.0 Å². The van der Waals surface area contributed by atoms with Crippen molar-refractivity contribution in [2.24, 2.45) is 0 Å². The van der Waals surface area contributed by atoms with Crippen LogP contribution in [0.2, 0.25) is 0 Å². The number of nitro benzene ring substituents is 1. The van der Waals surface area contributed by atoms with E-state index in [-0.39, 0.29) is 5.69 Å². The van der Waals surface area contributed by atoms with E-state index in [1.165, 1.54) is 12.1 Å². The molecule has 6 nitrogen and oxygen atoms in total. The number of benzene rings is 1. The molecule has 0 amide bonds. The van der Waals surface area contributed by atoms with Crippen LogP contribution in [0.5, 0.6) is 0 Å². The zero-order valence-corrected chi connectivity index (χ0v) is 10.7. The molecule has 0 N–H and O–H groups in total. The first-order valence-electron chi connectivity index (χ1n) is 5.75. The van der Waals surface area contributed by atoms with Gasteiger partial charge in [0, 0.05) is 17.8 Å². The van der Waals surface area contributed by atoms with E-state index >= 15 is 0 Å². The van der Waals surface area contributed by atoms with Gasteiger partial charge >= 0.3 is 0 Å². The Morgan fingerprint density at radius 3 is 2.74 bits per heavy atom. The average molecular weight is 259 g/mol. The molecule has 0 aliphatic heterocycles. The molecule has 0 spiro atoms.